The van der Waals surface area contributed by atoms with Crippen molar-refractivity contribution in [2.75, 3.05) is 36.0 Å². The molecule has 0 saturated carbocycles. The van der Waals surface area contributed by atoms with E-state index < -0.39 is 18.3 Å². The molecule has 216 valence electrons. The largest absolute Gasteiger partial charge is 0.496 e. The van der Waals surface area contributed by atoms with E-state index in [1.807, 2.05) is 37.0 Å². The molecule has 0 radical (unpaired) electrons. The molecule has 0 amide bonds. The molecule has 5 heterocycles. The van der Waals surface area contributed by atoms with E-state index in [1.54, 1.807) is 18.5 Å². The summed E-state index contributed by atoms with van der Waals surface area (Å²) in [4.78, 5) is 18.4. The Morgan fingerprint density at radius 2 is 1.44 bits per heavy atom. The second-order valence-corrected chi connectivity index (χ2v) is 11.3. The highest BCUT2D eigenvalue weighted by atomic mass is 19.1. The van der Waals surface area contributed by atoms with Crippen LogP contribution in [0.25, 0.3) is 5.52 Å². The van der Waals surface area contributed by atoms with Crippen LogP contribution in [0.5, 0.6) is 0 Å². The molecule has 3 aromatic heterocycles. The Labute approximate surface area is 241 Å². The molecule has 0 N–H and O–H groups in total. The topological polar surface area (TPSA) is 80.9 Å². The van der Waals surface area contributed by atoms with E-state index in [-0.39, 0.29) is 11.7 Å². The van der Waals surface area contributed by atoms with Crippen molar-refractivity contribution in [3.63, 3.8) is 0 Å². The summed E-state index contributed by atoms with van der Waals surface area (Å²) < 4.78 is 27.6. The van der Waals surface area contributed by atoms with Crippen LogP contribution >= 0.6 is 0 Å². The molecule has 2 fully saturated rings. The van der Waals surface area contributed by atoms with Crippen molar-refractivity contribution in [2.45, 2.75) is 65.6 Å². The number of hydrogen-bond donors (Lipinski definition) is 0. The quantitative estimate of drug-likeness (QED) is 0.332. The highest BCUT2D eigenvalue weighted by Crippen LogP contribution is 2.36. The SMILES string of the molecule is CC.CC(c1ccc(F)cc1)c1cnc(N2CCN(c3ncnn4cc(B5OC(C)(C)C(C)(C)O5)cc34)CC2)nc1. The maximum Gasteiger partial charge on any atom is 0.496 e. The van der Waals surface area contributed by atoms with Gasteiger partial charge in [-0.05, 0) is 57.0 Å². The maximum atomic E-state index is 13.3. The monoisotopic (exact) mass is 559 g/mol. The van der Waals surface area contributed by atoms with Gasteiger partial charge in [-0.1, -0.05) is 32.9 Å². The number of aromatic nitrogens is 5. The zero-order valence-corrected chi connectivity index (χ0v) is 25.0. The molecule has 41 heavy (non-hydrogen) atoms. The number of hydrogen-bond acceptors (Lipinski definition) is 8. The molecular weight excluding hydrogens is 520 g/mol. The van der Waals surface area contributed by atoms with Gasteiger partial charge in [0.05, 0.1) is 11.2 Å². The van der Waals surface area contributed by atoms with E-state index in [9.17, 15) is 4.39 Å². The molecule has 2 saturated heterocycles. The Balaban J connectivity index is 0.00000165. The van der Waals surface area contributed by atoms with Gasteiger partial charge in [-0.25, -0.2) is 23.9 Å². The van der Waals surface area contributed by atoms with E-state index in [4.69, 9.17) is 9.31 Å². The van der Waals surface area contributed by atoms with Gasteiger partial charge in [0, 0.05) is 56.2 Å². The number of nitrogens with zero attached hydrogens (tertiary/aromatic N) is 7. The summed E-state index contributed by atoms with van der Waals surface area (Å²) >= 11 is 0. The summed E-state index contributed by atoms with van der Waals surface area (Å²) in [6.45, 7) is 17.4. The molecule has 1 atom stereocenters. The Bertz CT molecular complexity index is 1450. The van der Waals surface area contributed by atoms with Crippen molar-refractivity contribution in [3.05, 3.63) is 72.2 Å². The molecule has 1 aromatic carbocycles. The van der Waals surface area contributed by atoms with Crippen LogP contribution in [0.1, 0.15) is 65.5 Å². The van der Waals surface area contributed by atoms with Crippen molar-refractivity contribution in [3.8, 4) is 0 Å². The predicted octanol–water partition coefficient (Wildman–Crippen LogP) is 4.46. The minimum absolute atomic E-state index is 0.0841. The molecule has 6 rings (SSSR count). The van der Waals surface area contributed by atoms with Gasteiger partial charge in [0.15, 0.2) is 5.82 Å². The molecular formula is C30H39BFN7O2. The van der Waals surface area contributed by atoms with Gasteiger partial charge in [0.2, 0.25) is 5.95 Å². The van der Waals surface area contributed by atoms with Gasteiger partial charge in [-0.15, -0.1) is 0 Å². The Morgan fingerprint density at radius 3 is 2.05 bits per heavy atom. The van der Waals surface area contributed by atoms with Crippen LogP contribution in [0.3, 0.4) is 0 Å². The fourth-order valence-corrected chi connectivity index (χ4v) is 5.07. The Hall–Kier alpha value is -3.57. The number of fused-ring (bicyclic) bond motifs is 1. The van der Waals surface area contributed by atoms with Crippen molar-refractivity contribution < 1.29 is 13.7 Å². The number of halogens is 1. The van der Waals surface area contributed by atoms with Crippen LogP contribution in [0.4, 0.5) is 16.2 Å². The first-order valence-corrected chi connectivity index (χ1v) is 14.4. The van der Waals surface area contributed by atoms with E-state index >= 15 is 0 Å². The second-order valence-electron chi connectivity index (χ2n) is 11.3. The lowest BCUT2D eigenvalue weighted by Gasteiger charge is -2.35. The molecule has 9 nitrogen and oxygen atoms in total. The lowest BCUT2D eigenvalue weighted by molar-refractivity contribution is 0.00578. The third-order valence-corrected chi connectivity index (χ3v) is 8.32. The van der Waals surface area contributed by atoms with Gasteiger partial charge in [0.25, 0.3) is 0 Å². The molecule has 0 spiro atoms. The van der Waals surface area contributed by atoms with Gasteiger partial charge >= 0.3 is 7.12 Å². The van der Waals surface area contributed by atoms with Crippen molar-refractivity contribution in [1.29, 1.82) is 0 Å². The molecule has 1 unspecified atom stereocenters. The van der Waals surface area contributed by atoms with E-state index in [2.05, 4.69) is 70.5 Å². The van der Waals surface area contributed by atoms with Gasteiger partial charge < -0.3 is 19.1 Å². The van der Waals surface area contributed by atoms with E-state index in [0.717, 1.165) is 54.1 Å². The third-order valence-electron chi connectivity index (χ3n) is 8.32. The summed E-state index contributed by atoms with van der Waals surface area (Å²) in [6, 6.07) is 8.64. The zero-order valence-electron chi connectivity index (χ0n) is 25.0. The standard InChI is InChI=1S/C28H33BFN7O2.C2H6/c1-19(20-6-8-23(30)9-7-20)21-15-31-26(32-16-21)36-12-10-35(11-13-36)25-24-14-22(17-37(24)34-18-33-25)29-38-27(2,3)28(4,5)39-29;1-2/h6-9,14-19H,10-13H2,1-5H3;1-2H3. The smallest absolute Gasteiger partial charge is 0.399 e. The molecule has 2 aliphatic heterocycles. The summed E-state index contributed by atoms with van der Waals surface area (Å²) in [5.74, 6) is 1.45. The van der Waals surface area contributed by atoms with Crippen molar-refractivity contribution >= 4 is 29.9 Å². The molecule has 2 aliphatic rings. The average molecular weight is 559 g/mol. The fourth-order valence-electron chi connectivity index (χ4n) is 5.07. The lowest BCUT2D eigenvalue weighted by Crippen LogP contribution is -2.47. The molecule has 0 aliphatic carbocycles. The fraction of sp³-hybridized carbons (Fsp3) is 0.467. The third kappa shape index (κ3) is 5.65. The molecule has 11 heteroatoms. The Kier molecular flexibility index (Phi) is 8.03. The summed E-state index contributed by atoms with van der Waals surface area (Å²) in [5.41, 5.74) is 3.07. The van der Waals surface area contributed by atoms with Crippen LogP contribution in [0.15, 0.2) is 55.2 Å². The Morgan fingerprint density at radius 1 is 0.854 bits per heavy atom. The predicted molar refractivity (Wildman–Crippen MR) is 160 cm³/mol. The lowest BCUT2D eigenvalue weighted by atomic mass is 9.81. The minimum atomic E-state index is -0.452. The number of rotatable bonds is 5. The van der Waals surface area contributed by atoms with Crippen LogP contribution < -0.4 is 15.3 Å². The number of piperazine rings is 1. The highest BCUT2D eigenvalue weighted by molar-refractivity contribution is 6.62. The van der Waals surface area contributed by atoms with E-state index in [1.165, 1.54) is 12.1 Å². The summed E-state index contributed by atoms with van der Waals surface area (Å²) in [7, 11) is -0.452. The van der Waals surface area contributed by atoms with Gasteiger partial charge in [0.1, 0.15) is 17.7 Å². The molecule has 0 bridgehead atoms. The minimum Gasteiger partial charge on any atom is -0.399 e. The number of benzene rings is 1. The highest BCUT2D eigenvalue weighted by Gasteiger charge is 2.52. The van der Waals surface area contributed by atoms with E-state index in [0.29, 0.717) is 5.95 Å². The first-order chi connectivity index (χ1) is 19.6. The van der Waals surface area contributed by atoms with Crippen LogP contribution in [-0.2, 0) is 9.31 Å². The summed E-state index contributed by atoms with van der Waals surface area (Å²) in [5, 5.41) is 4.43. The maximum absolute atomic E-state index is 13.3. The first kappa shape index (κ1) is 28.9. The van der Waals surface area contributed by atoms with Crippen LogP contribution in [0, 0.1) is 5.82 Å². The molecule has 4 aromatic rings. The van der Waals surface area contributed by atoms with Crippen molar-refractivity contribution in [2.24, 2.45) is 0 Å². The van der Waals surface area contributed by atoms with Gasteiger partial charge in [-0.3, -0.25) is 0 Å². The summed E-state index contributed by atoms with van der Waals surface area (Å²) in [6.07, 6.45) is 7.29. The second kappa shape index (κ2) is 11.4. The van der Waals surface area contributed by atoms with Crippen molar-refractivity contribution in [1.82, 2.24) is 24.6 Å². The normalized spacial score (nSPS) is 18.8. The number of anilines is 2. The van der Waals surface area contributed by atoms with Gasteiger partial charge in [-0.2, -0.15) is 5.10 Å². The zero-order chi connectivity index (χ0) is 29.4. The van der Waals surface area contributed by atoms with Crippen LogP contribution in [0.2, 0.25) is 0 Å². The first-order valence-electron chi connectivity index (χ1n) is 14.4. The average Bonchev–Trinajstić information content (AvgIpc) is 3.51. The van der Waals surface area contributed by atoms with Crippen LogP contribution in [-0.4, -0.2) is 69.1 Å².